The Labute approximate surface area is 202 Å². The first-order valence-electron chi connectivity index (χ1n) is 11.7. The lowest BCUT2D eigenvalue weighted by molar-refractivity contribution is -0.132. The number of likely N-dealkylation sites (tertiary alicyclic amines) is 1. The number of aromatic nitrogens is 2. The highest BCUT2D eigenvalue weighted by Gasteiger charge is 2.24. The van der Waals surface area contributed by atoms with Gasteiger partial charge in [-0.1, -0.05) is 17.7 Å². The maximum atomic E-state index is 12.8. The molecule has 9 heteroatoms. The third-order valence-electron chi connectivity index (χ3n) is 6.40. The second-order valence-electron chi connectivity index (χ2n) is 9.03. The minimum absolute atomic E-state index is 0.0510. The van der Waals surface area contributed by atoms with Crippen molar-refractivity contribution >= 4 is 39.2 Å². The first-order chi connectivity index (χ1) is 16.3. The number of hydrogen-bond donors (Lipinski definition) is 3. The summed E-state index contributed by atoms with van der Waals surface area (Å²) in [6, 6.07) is 7.40. The van der Waals surface area contributed by atoms with Crippen LogP contribution in [0.5, 0.6) is 0 Å². The molecule has 8 nitrogen and oxygen atoms in total. The molecule has 1 fully saturated rings. The number of benzene rings is 1. The summed E-state index contributed by atoms with van der Waals surface area (Å²) in [5.74, 6) is 0.818. The van der Waals surface area contributed by atoms with E-state index in [1.807, 2.05) is 49.9 Å². The van der Waals surface area contributed by atoms with Gasteiger partial charge >= 0.3 is 6.03 Å². The summed E-state index contributed by atoms with van der Waals surface area (Å²) < 4.78 is 0. The fourth-order valence-electron chi connectivity index (χ4n) is 4.31. The minimum Gasteiger partial charge on any atom is -0.342 e. The van der Waals surface area contributed by atoms with E-state index in [4.69, 9.17) is 0 Å². The molecule has 3 amide bonds. The molecule has 1 aromatic carbocycles. The fourth-order valence-corrected chi connectivity index (χ4v) is 5.36. The van der Waals surface area contributed by atoms with Gasteiger partial charge in [0.15, 0.2) is 0 Å². The molecule has 2 aromatic heterocycles. The Hall–Kier alpha value is -3.20. The molecule has 3 heterocycles. The second-order valence-corrected chi connectivity index (χ2v) is 10.2. The molecule has 0 radical (unpaired) electrons. The Morgan fingerprint density at radius 3 is 2.74 bits per heavy atom. The number of anilines is 1. The first-order valence-corrected chi connectivity index (χ1v) is 12.5. The number of rotatable bonds is 6. The van der Waals surface area contributed by atoms with Crippen molar-refractivity contribution in [2.45, 2.75) is 46.5 Å². The average Bonchev–Trinajstić information content (AvgIpc) is 3.11. The van der Waals surface area contributed by atoms with E-state index in [0.29, 0.717) is 37.1 Å². The van der Waals surface area contributed by atoms with Crippen LogP contribution in [-0.2, 0) is 11.2 Å². The molecule has 1 aliphatic rings. The van der Waals surface area contributed by atoms with Crippen LogP contribution in [0.4, 0.5) is 10.5 Å². The number of nitrogens with one attached hydrogen (secondary N) is 3. The van der Waals surface area contributed by atoms with Crippen LogP contribution in [0, 0.1) is 26.7 Å². The third kappa shape index (κ3) is 5.64. The van der Waals surface area contributed by atoms with E-state index in [-0.39, 0.29) is 23.4 Å². The SMILES string of the molecule is Cc1ccc(NC(=O)NCC2CCCN(C(=O)CCc3nc4sc(C)c(C)c4c(=O)[nH]3)C2)cc1. The van der Waals surface area contributed by atoms with Crippen LogP contribution >= 0.6 is 11.3 Å². The van der Waals surface area contributed by atoms with Crippen molar-refractivity contribution in [1.29, 1.82) is 0 Å². The molecule has 1 saturated heterocycles. The standard InChI is InChI=1S/C25H31N5O3S/c1-15-6-8-19(9-7-15)27-25(33)26-13-18-5-4-12-30(14-18)21(31)11-10-20-28-23(32)22-16(2)17(3)34-24(22)29-20/h6-9,18H,4-5,10-14H2,1-3H3,(H2,26,27,33)(H,28,29,32). The number of amides is 3. The zero-order valence-corrected chi connectivity index (χ0v) is 20.7. The van der Waals surface area contributed by atoms with Crippen LogP contribution in [0.25, 0.3) is 10.2 Å². The fraction of sp³-hybridized carbons (Fsp3) is 0.440. The van der Waals surface area contributed by atoms with Crippen molar-refractivity contribution in [3.05, 3.63) is 56.4 Å². The van der Waals surface area contributed by atoms with Gasteiger partial charge in [-0.3, -0.25) is 9.59 Å². The minimum atomic E-state index is -0.239. The Balaban J connectivity index is 1.27. The van der Waals surface area contributed by atoms with Crippen molar-refractivity contribution in [2.24, 2.45) is 5.92 Å². The number of hydrogen-bond acceptors (Lipinski definition) is 5. The highest BCUT2D eigenvalue weighted by Crippen LogP contribution is 2.26. The number of aryl methyl sites for hydroxylation is 4. The molecule has 4 rings (SSSR count). The number of fused-ring (bicyclic) bond motifs is 1. The molecule has 3 aromatic rings. The van der Waals surface area contributed by atoms with Crippen molar-refractivity contribution < 1.29 is 9.59 Å². The van der Waals surface area contributed by atoms with Crippen LogP contribution in [0.2, 0.25) is 0 Å². The Bertz CT molecular complexity index is 1250. The summed E-state index contributed by atoms with van der Waals surface area (Å²) in [7, 11) is 0. The predicted octanol–water partition coefficient (Wildman–Crippen LogP) is 3.90. The Morgan fingerprint density at radius 2 is 1.97 bits per heavy atom. The van der Waals surface area contributed by atoms with Gasteiger partial charge in [-0.2, -0.15) is 0 Å². The zero-order valence-electron chi connectivity index (χ0n) is 19.9. The van der Waals surface area contributed by atoms with Crippen molar-refractivity contribution in [1.82, 2.24) is 20.2 Å². The molecular formula is C25H31N5O3S. The van der Waals surface area contributed by atoms with Crippen LogP contribution in [0.15, 0.2) is 29.1 Å². The molecule has 0 spiro atoms. The molecule has 0 aliphatic carbocycles. The number of aromatic amines is 1. The number of thiophene rings is 1. The molecule has 0 saturated carbocycles. The summed E-state index contributed by atoms with van der Waals surface area (Å²) in [4.78, 5) is 48.6. The van der Waals surface area contributed by atoms with E-state index < -0.39 is 0 Å². The van der Waals surface area contributed by atoms with Crippen LogP contribution in [0.3, 0.4) is 0 Å². The summed E-state index contributed by atoms with van der Waals surface area (Å²) in [5.41, 5.74) is 2.72. The van der Waals surface area contributed by atoms with Gasteiger partial charge in [0.1, 0.15) is 10.7 Å². The monoisotopic (exact) mass is 481 g/mol. The number of carbonyl (C=O) groups is 2. The topological polar surface area (TPSA) is 107 Å². The molecule has 1 aliphatic heterocycles. The smallest absolute Gasteiger partial charge is 0.319 e. The van der Waals surface area contributed by atoms with E-state index >= 15 is 0 Å². The van der Waals surface area contributed by atoms with E-state index in [1.165, 1.54) is 11.3 Å². The Morgan fingerprint density at radius 1 is 1.21 bits per heavy atom. The van der Waals surface area contributed by atoms with Gasteiger partial charge in [-0.05, 0) is 57.2 Å². The third-order valence-corrected chi connectivity index (χ3v) is 7.50. The van der Waals surface area contributed by atoms with Crippen LogP contribution in [-0.4, -0.2) is 46.4 Å². The number of piperidine rings is 1. The normalized spacial score (nSPS) is 16.0. The first kappa shape index (κ1) is 23.9. The molecule has 180 valence electrons. The Kier molecular flexibility index (Phi) is 7.31. The van der Waals surface area contributed by atoms with Gasteiger partial charge in [0, 0.05) is 43.0 Å². The van der Waals surface area contributed by atoms with E-state index in [2.05, 4.69) is 20.6 Å². The van der Waals surface area contributed by atoms with Gasteiger partial charge < -0.3 is 20.5 Å². The number of nitrogens with zero attached hydrogens (tertiary/aromatic N) is 2. The maximum Gasteiger partial charge on any atom is 0.319 e. The lowest BCUT2D eigenvalue weighted by Crippen LogP contribution is -2.44. The zero-order chi connectivity index (χ0) is 24.2. The highest BCUT2D eigenvalue weighted by atomic mass is 32.1. The van der Waals surface area contributed by atoms with Gasteiger partial charge in [0.25, 0.3) is 5.56 Å². The van der Waals surface area contributed by atoms with Crippen molar-refractivity contribution in [3.8, 4) is 0 Å². The molecule has 1 unspecified atom stereocenters. The number of H-pyrrole nitrogens is 1. The van der Waals surface area contributed by atoms with Crippen molar-refractivity contribution in [3.63, 3.8) is 0 Å². The predicted molar refractivity (Wildman–Crippen MR) is 136 cm³/mol. The quantitative estimate of drug-likeness (QED) is 0.496. The van der Waals surface area contributed by atoms with Gasteiger partial charge in [0.2, 0.25) is 5.91 Å². The molecule has 3 N–H and O–H groups in total. The highest BCUT2D eigenvalue weighted by molar-refractivity contribution is 7.18. The molecular weight excluding hydrogens is 450 g/mol. The van der Waals surface area contributed by atoms with Crippen molar-refractivity contribution in [2.75, 3.05) is 25.0 Å². The van der Waals surface area contributed by atoms with Gasteiger partial charge in [-0.25, -0.2) is 9.78 Å². The van der Waals surface area contributed by atoms with Gasteiger partial charge in [0.05, 0.1) is 5.39 Å². The lowest BCUT2D eigenvalue weighted by atomic mass is 9.97. The molecule has 0 bridgehead atoms. The molecule has 1 atom stereocenters. The number of urea groups is 1. The average molecular weight is 482 g/mol. The van der Waals surface area contributed by atoms with E-state index in [1.54, 1.807) is 0 Å². The van der Waals surface area contributed by atoms with Gasteiger partial charge in [-0.15, -0.1) is 11.3 Å². The summed E-state index contributed by atoms with van der Waals surface area (Å²) in [5, 5.41) is 6.41. The number of carbonyl (C=O) groups excluding carboxylic acids is 2. The maximum absolute atomic E-state index is 12.8. The molecule has 34 heavy (non-hydrogen) atoms. The largest absolute Gasteiger partial charge is 0.342 e. The summed E-state index contributed by atoms with van der Waals surface area (Å²) in [6.45, 7) is 7.77. The van der Waals surface area contributed by atoms with Crippen LogP contribution < -0.4 is 16.2 Å². The van der Waals surface area contributed by atoms with E-state index in [9.17, 15) is 14.4 Å². The summed E-state index contributed by atoms with van der Waals surface area (Å²) >= 11 is 1.51. The van der Waals surface area contributed by atoms with E-state index in [0.717, 1.165) is 45.9 Å². The second kappa shape index (κ2) is 10.4. The van der Waals surface area contributed by atoms with Crippen LogP contribution in [0.1, 0.15) is 41.1 Å². The lowest BCUT2D eigenvalue weighted by Gasteiger charge is -2.33. The summed E-state index contributed by atoms with van der Waals surface area (Å²) in [6.07, 6.45) is 2.58.